The first-order valence-electron chi connectivity index (χ1n) is 7.88. The Labute approximate surface area is 148 Å². The van der Waals surface area contributed by atoms with Gasteiger partial charge in [0.1, 0.15) is 22.1 Å². The Balaban J connectivity index is 1.75. The fourth-order valence-electron chi connectivity index (χ4n) is 2.41. The molecule has 1 amide bonds. The number of aromatic nitrogens is 3. The van der Waals surface area contributed by atoms with Crippen molar-refractivity contribution in [3.63, 3.8) is 0 Å². The van der Waals surface area contributed by atoms with Crippen LogP contribution in [0.15, 0.2) is 29.0 Å². The van der Waals surface area contributed by atoms with Crippen LogP contribution in [0.4, 0.5) is 4.39 Å². The van der Waals surface area contributed by atoms with E-state index in [2.05, 4.69) is 20.4 Å². The van der Waals surface area contributed by atoms with E-state index in [0.717, 1.165) is 16.8 Å². The van der Waals surface area contributed by atoms with Gasteiger partial charge in [-0.25, -0.2) is 9.37 Å². The van der Waals surface area contributed by atoms with E-state index < -0.39 is 5.82 Å². The van der Waals surface area contributed by atoms with Crippen LogP contribution in [0.25, 0.3) is 11.4 Å². The number of hydrogen-bond donors (Lipinski definition) is 1. The van der Waals surface area contributed by atoms with Gasteiger partial charge in [0.05, 0.1) is 23.1 Å². The Kier molecular flexibility index (Phi) is 5.18. The minimum atomic E-state index is -0.397. The zero-order valence-corrected chi connectivity index (χ0v) is 14.7. The van der Waals surface area contributed by atoms with Gasteiger partial charge in [0.15, 0.2) is 0 Å². The van der Waals surface area contributed by atoms with E-state index in [9.17, 15) is 9.18 Å². The largest absolute Gasteiger partial charge is 0.361 e. The summed E-state index contributed by atoms with van der Waals surface area (Å²) >= 11 is 1.37. The van der Waals surface area contributed by atoms with Crippen molar-refractivity contribution in [3.8, 4) is 11.4 Å². The maximum Gasteiger partial charge on any atom is 0.262 e. The minimum absolute atomic E-state index is 0.108. The molecule has 0 spiro atoms. The summed E-state index contributed by atoms with van der Waals surface area (Å²) in [5.74, 6) is 0.191. The number of nitrogens with one attached hydrogen (secondary N) is 1. The molecule has 0 fully saturated rings. The van der Waals surface area contributed by atoms with E-state index in [0.29, 0.717) is 41.4 Å². The van der Waals surface area contributed by atoms with Crippen LogP contribution in [0.2, 0.25) is 0 Å². The molecule has 0 atom stereocenters. The number of hydrogen-bond acceptors (Lipinski definition) is 6. The summed E-state index contributed by atoms with van der Waals surface area (Å²) in [4.78, 5) is 20.8. The third-order valence-electron chi connectivity index (χ3n) is 3.66. The zero-order chi connectivity index (χ0) is 17.8. The lowest BCUT2D eigenvalue weighted by Gasteiger charge is -2.01. The highest BCUT2D eigenvalue weighted by Gasteiger charge is 2.17. The molecule has 8 heteroatoms. The number of rotatable bonds is 6. The Morgan fingerprint density at radius 2 is 2.12 bits per heavy atom. The molecule has 0 saturated carbocycles. The fourth-order valence-corrected chi connectivity index (χ4v) is 3.25. The van der Waals surface area contributed by atoms with E-state index in [-0.39, 0.29) is 5.91 Å². The van der Waals surface area contributed by atoms with E-state index in [1.807, 2.05) is 13.8 Å². The van der Waals surface area contributed by atoms with Crippen LogP contribution in [0.1, 0.15) is 32.9 Å². The number of pyridine rings is 1. The molecule has 0 aliphatic heterocycles. The first kappa shape index (κ1) is 17.2. The van der Waals surface area contributed by atoms with Crippen LogP contribution >= 0.6 is 11.3 Å². The van der Waals surface area contributed by atoms with E-state index >= 15 is 0 Å². The van der Waals surface area contributed by atoms with Crippen LogP contribution in [0.3, 0.4) is 0 Å². The van der Waals surface area contributed by atoms with Gasteiger partial charge in [-0.15, -0.1) is 11.3 Å². The van der Waals surface area contributed by atoms with E-state index in [1.165, 1.54) is 17.4 Å². The number of carbonyl (C=O) groups is 1. The van der Waals surface area contributed by atoms with Crippen molar-refractivity contribution in [2.75, 3.05) is 6.54 Å². The quantitative estimate of drug-likeness (QED) is 0.730. The van der Waals surface area contributed by atoms with Gasteiger partial charge >= 0.3 is 0 Å². The number of aryl methyl sites for hydroxylation is 2. The van der Waals surface area contributed by atoms with E-state index in [1.54, 1.807) is 12.3 Å². The maximum atomic E-state index is 13.1. The molecule has 25 heavy (non-hydrogen) atoms. The van der Waals surface area contributed by atoms with Crippen molar-refractivity contribution in [3.05, 3.63) is 51.6 Å². The van der Waals surface area contributed by atoms with Gasteiger partial charge in [-0.3, -0.25) is 9.78 Å². The van der Waals surface area contributed by atoms with Crippen molar-refractivity contribution < 1.29 is 13.7 Å². The number of thiazole rings is 1. The highest BCUT2D eigenvalue weighted by molar-refractivity contribution is 7.13. The maximum absolute atomic E-state index is 13.1. The molecule has 3 heterocycles. The lowest BCUT2D eigenvalue weighted by Crippen LogP contribution is -2.21. The zero-order valence-electron chi connectivity index (χ0n) is 13.9. The second kappa shape index (κ2) is 7.52. The summed E-state index contributed by atoms with van der Waals surface area (Å²) in [6.07, 6.45) is 4.04. The van der Waals surface area contributed by atoms with Gasteiger partial charge in [0, 0.05) is 18.5 Å². The van der Waals surface area contributed by atoms with E-state index in [4.69, 9.17) is 4.52 Å². The Bertz CT molecular complexity index is 873. The molecule has 3 rings (SSSR count). The first-order chi connectivity index (χ1) is 12.1. The monoisotopic (exact) mass is 360 g/mol. The second-order valence-electron chi connectivity index (χ2n) is 5.41. The summed E-state index contributed by atoms with van der Waals surface area (Å²) in [6.45, 7) is 4.29. The fraction of sp³-hybridized carbons (Fsp3) is 0.294. The molecule has 0 unspecified atom stereocenters. The predicted molar refractivity (Wildman–Crippen MR) is 92.0 cm³/mol. The molecule has 1 N–H and O–H groups in total. The highest BCUT2D eigenvalue weighted by atomic mass is 32.1. The molecule has 130 valence electrons. The van der Waals surface area contributed by atoms with Gasteiger partial charge in [0.2, 0.25) is 0 Å². The SMILES string of the molecule is CCNC(=O)c1cnc(CCc2c(-c3ccc(F)cn3)noc2C)s1. The van der Waals surface area contributed by atoms with Crippen LogP contribution in [0.5, 0.6) is 0 Å². The van der Waals surface area contributed by atoms with Gasteiger partial charge in [-0.2, -0.15) is 0 Å². The van der Waals surface area contributed by atoms with Crippen LogP contribution < -0.4 is 5.32 Å². The molecule has 0 saturated heterocycles. The molecule has 3 aromatic rings. The average molecular weight is 360 g/mol. The lowest BCUT2D eigenvalue weighted by molar-refractivity contribution is 0.0959. The first-order valence-corrected chi connectivity index (χ1v) is 8.70. The van der Waals surface area contributed by atoms with Gasteiger partial charge in [-0.05, 0) is 32.4 Å². The summed E-state index contributed by atoms with van der Waals surface area (Å²) in [5.41, 5.74) is 2.09. The summed E-state index contributed by atoms with van der Waals surface area (Å²) in [7, 11) is 0. The number of amides is 1. The Morgan fingerprint density at radius 1 is 1.28 bits per heavy atom. The molecule has 0 aromatic carbocycles. The third kappa shape index (κ3) is 3.90. The molecule has 0 radical (unpaired) electrons. The number of halogens is 1. The van der Waals surface area contributed by atoms with Gasteiger partial charge in [-0.1, -0.05) is 5.16 Å². The van der Waals surface area contributed by atoms with Crippen molar-refractivity contribution in [2.45, 2.75) is 26.7 Å². The molecule has 3 aromatic heterocycles. The molecule has 0 aliphatic rings. The van der Waals surface area contributed by atoms with Crippen LogP contribution in [-0.2, 0) is 12.8 Å². The summed E-state index contributed by atoms with van der Waals surface area (Å²) in [6, 6.07) is 2.92. The van der Waals surface area contributed by atoms with Crippen molar-refractivity contribution in [1.29, 1.82) is 0 Å². The van der Waals surface area contributed by atoms with Crippen molar-refractivity contribution >= 4 is 17.2 Å². The van der Waals surface area contributed by atoms with Gasteiger partial charge < -0.3 is 9.84 Å². The average Bonchev–Trinajstić information content (AvgIpc) is 3.21. The smallest absolute Gasteiger partial charge is 0.262 e. The van der Waals surface area contributed by atoms with Gasteiger partial charge in [0.25, 0.3) is 5.91 Å². The third-order valence-corrected chi connectivity index (χ3v) is 4.71. The minimum Gasteiger partial charge on any atom is -0.361 e. The Hall–Kier alpha value is -2.61. The number of carbonyl (C=O) groups excluding carboxylic acids is 1. The standard InChI is InChI=1S/C17H17FN4O2S/c1-3-19-17(23)14-9-21-15(25-14)7-5-12-10(2)24-22-16(12)13-6-4-11(18)8-20-13/h4,6,8-9H,3,5,7H2,1-2H3,(H,19,23). The molecule has 0 aliphatic carbocycles. The number of nitrogens with zero attached hydrogens (tertiary/aromatic N) is 3. The van der Waals surface area contributed by atoms with Crippen LogP contribution in [-0.4, -0.2) is 27.6 Å². The lowest BCUT2D eigenvalue weighted by atomic mass is 10.1. The second-order valence-corrected chi connectivity index (χ2v) is 6.52. The molecule has 6 nitrogen and oxygen atoms in total. The van der Waals surface area contributed by atoms with Crippen molar-refractivity contribution in [2.24, 2.45) is 0 Å². The molecule has 0 bridgehead atoms. The summed E-state index contributed by atoms with van der Waals surface area (Å²) in [5, 5.41) is 7.66. The predicted octanol–water partition coefficient (Wildman–Crippen LogP) is 3.18. The normalized spacial score (nSPS) is 10.8. The van der Waals surface area contributed by atoms with Crippen molar-refractivity contribution in [1.82, 2.24) is 20.4 Å². The van der Waals surface area contributed by atoms with Crippen LogP contribution in [0, 0.1) is 12.7 Å². The molecular formula is C17H17FN4O2S. The highest BCUT2D eigenvalue weighted by Crippen LogP contribution is 2.26. The Morgan fingerprint density at radius 3 is 2.84 bits per heavy atom. The molecular weight excluding hydrogens is 343 g/mol. The topological polar surface area (TPSA) is 80.9 Å². The summed E-state index contributed by atoms with van der Waals surface area (Å²) < 4.78 is 18.3.